The molecular formula is C16H18N2O3S. The SMILES string of the molecule is CCS(=O)(=O)N[C@H](C(=O)Nc1ccccc1)c1ccccc1. The highest BCUT2D eigenvalue weighted by molar-refractivity contribution is 7.89. The van der Waals surface area contributed by atoms with Crippen molar-refractivity contribution in [2.75, 3.05) is 11.1 Å². The van der Waals surface area contributed by atoms with E-state index in [4.69, 9.17) is 0 Å². The van der Waals surface area contributed by atoms with Crippen molar-refractivity contribution in [1.29, 1.82) is 0 Å². The summed E-state index contributed by atoms with van der Waals surface area (Å²) in [4.78, 5) is 12.5. The summed E-state index contributed by atoms with van der Waals surface area (Å²) in [6, 6.07) is 16.7. The van der Waals surface area contributed by atoms with Crippen molar-refractivity contribution in [2.24, 2.45) is 0 Å². The monoisotopic (exact) mass is 318 g/mol. The molecule has 0 unspecified atom stereocenters. The van der Waals surface area contributed by atoms with Crippen LogP contribution in [0.3, 0.4) is 0 Å². The minimum atomic E-state index is -3.51. The second-order valence-corrected chi connectivity index (χ2v) is 6.76. The van der Waals surface area contributed by atoms with Gasteiger partial charge in [-0.1, -0.05) is 48.5 Å². The minimum Gasteiger partial charge on any atom is -0.324 e. The molecule has 0 saturated carbocycles. The third-order valence-corrected chi connectivity index (χ3v) is 4.47. The van der Waals surface area contributed by atoms with Crippen LogP contribution in [0.2, 0.25) is 0 Å². The Morgan fingerprint density at radius 1 is 1.00 bits per heavy atom. The smallest absolute Gasteiger partial charge is 0.247 e. The number of benzene rings is 2. The molecule has 0 radical (unpaired) electrons. The van der Waals surface area contributed by atoms with E-state index in [0.717, 1.165) is 0 Å². The first-order valence-electron chi connectivity index (χ1n) is 6.92. The molecule has 0 aliphatic rings. The van der Waals surface area contributed by atoms with Crippen molar-refractivity contribution in [3.05, 3.63) is 66.2 Å². The average Bonchev–Trinajstić information content (AvgIpc) is 2.54. The molecule has 0 heterocycles. The third kappa shape index (κ3) is 4.41. The van der Waals surface area contributed by atoms with Crippen molar-refractivity contribution in [3.63, 3.8) is 0 Å². The van der Waals surface area contributed by atoms with E-state index in [-0.39, 0.29) is 5.75 Å². The van der Waals surface area contributed by atoms with E-state index in [9.17, 15) is 13.2 Å². The van der Waals surface area contributed by atoms with Crippen LogP contribution in [-0.2, 0) is 14.8 Å². The van der Waals surface area contributed by atoms with Gasteiger partial charge in [0.05, 0.1) is 5.75 Å². The Balaban J connectivity index is 2.26. The molecule has 0 bridgehead atoms. The Morgan fingerprint density at radius 3 is 2.09 bits per heavy atom. The molecule has 1 amide bonds. The fraction of sp³-hybridized carbons (Fsp3) is 0.188. The quantitative estimate of drug-likeness (QED) is 0.858. The van der Waals surface area contributed by atoms with Crippen molar-refractivity contribution in [3.8, 4) is 0 Å². The maximum atomic E-state index is 12.5. The number of para-hydroxylation sites is 1. The van der Waals surface area contributed by atoms with Gasteiger partial charge in [-0.3, -0.25) is 4.79 Å². The van der Waals surface area contributed by atoms with Crippen LogP contribution in [0.15, 0.2) is 60.7 Å². The Labute approximate surface area is 130 Å². The maximum absolute atomic E-state index is 12.5. The second-order valence-electron chi connectivity index (χ2n) is 4.72. The molecule has 0 fully saturated rings. The number of hydrogen-bond acceptors (Lipinski definition) is 3. The predicted octanol–water partition coefficient (Wildman–Crippen LogP) is 2.31. The number of hydrogen-bond donors (Lipinski definition) is 2. The summed E-state index contributed by atoms with van der Waals surface area (Å²) in [5, 5.41) is 2.72. The molecule has 2 rings (SSSR count). The van der Waals surface area contributed by atoms with Gasteiger partial charge in [0, 0.05) is 5.69 Å². The van der Waals surface area contributed by atoms with E-state index in [2.05, 4.69) is 10.0 Å². The zero-order valence-corrected chi connectivity index (χ0v) is 13.0. The van der Waals surface area contributed by atoms with Crippen molar-refractivity contribution in [1.82, 2.24) is 4.72 Å². The summed E-state index contributed by atoms with van der Waals surface area (Å²) in [5.41, 5.74) is 1.21. The first-order valence-corrected chi connectivity index (χ1v) is 8.58. The minimum absolute atomic E-state index is 0.0883. The van der Waals surface area contributed by atoms with Gasteiger partial charge in [-0.15, -0.1) is 0 Å². The molecule has 22 heavy (non-hydrogen) atoms. The Bertz CT molecular complexity index is 716. The predicted molar refractivity (Wildman–Crippen MR) is 86.9 cm³/mol. The summed E-state index contributed by atoms with van der Waals surface area (Å²) >= 11 is 0. The molecule has 2 aromatic carbocycles. The van der Waals surface area contributed by atoms with Crippen LogP contribution >= 0.6 is 0 Å². The molecule has 0 aliphatic heterocycles. The van der Waals surface area contributed by atoms with E-state index >= 15 is 0 Å². The van der Waals surface area contributed by atoms with Crippen LogP contribution in [0.1, 0.15) is 18.5 Å². The van der Waals surface area contributed by atoms with E-state index in [0.29, 0.717) is 11.3 Å². The number of carbonyl (C=O) groups is 1. The molecule has 0 saturated heterocycles. The molecule has 1 atom stereocenters. The summed E-state index contributed by atoms with van der Waals surface area (Å²) in [6.45, 7) is 1.53. The van der Waals surface area contributed by atoms with Gasteiger partial charge in [0.2, 0.25) is 15.9 Å². The van der Waals surface area contributed by atoms with Gasteiger partial charge in [0.25, 0.3) is 0 Å². The summed E-state index contributed by atoms with van der Waals surface area (Å²) in [6.07, 6.45) is 0. The third-order valence-electron chi connectivity index (χ3n) is 3.11. The lowest BCUT2D eigenvalue weighted by atomic mass is 10.1. The standard InChI is InChI=1S/C16H18N2O3S/c1-2-22(20,21)18-15(13-9-5-3-6-10-13)16(19)17-14-11-7-4-8-12-14/h3-12,15,18H,2H2,1H3,(H,17,19)/t15-/m0/s1. The molecule has 6 heteroatoms. The normalized spacial score (nSPS) is 12.6. The molecule has 2 aromatic rings. The van der Waals surface area contributed by atoms with Crippen LogP contribution in [0, 0.1) is 0 Å². The Hall–Kier alpha value is -2.18. The van der Waals surface area contributed by atoms with Crippen molar-refractivity contribution < 1.29 is 13.2 Å². The number of anilines is 1. The number of rotatable bonds is 6. The molecule has 0 spiro atoms. The van der Waals surface area contributed by atoms with Gasteiger partial charge in [-0.05, 0) is 24.6 Å². The lowest BCUT2D eigenvalue weighted by Crippen LogP contribution is -2.37. The topological polar surface area (TPSA) is 75.3 Å². The van der Waals surface area contributed by atoms with Crippen LogP contribution in [0.4, 0.5) is 5.69 Å². The Morgan fingerprint density at radius 2 is 1.55 bits per heavy atom. The highest BCUT2D eigenvalue weighted by Gasteiger charge is 2.25. The van der Waals surface area contributed by atoms with Gasteiger partial charge >= 0.3 is 0 Å². The lowest BCUT2D eigenvalue weighted by molar-refractivity contribution is -0.117. The van der Waals surface area contributed by atoms with Gasteiger partial charge in [-0.25, -0.2) is 8.42 Å². The zero-order chi connectivity index (χ0) is 16.0. The largest absolute Gasteiger partial charge is 0.324 e. The second kappa shape index (κ2) is 7.20. The lowest BCUT2D eigenvalue weighted by Gasteiger charge is -2.18. The first-order chi connectivity index (χ1) is 10.5. The van der Waals surface area contributed by atoms with Crippen LogP contribution in [0.25, 0.3) is 0 Å². The van der Waals surface area contributed by atoms with Gasteiger partial charge in [0.1, 0.15) is 6.04 Å². The average molecular weight is 318 g/mol. The summed E-state index contributed by atoms with van der Waals surface area (Å²) in [5.74, 6) is -0.510. The van der Waals surface area contributed by atoms with Gasteiger partial charge in [-0.2, -0.15) is 4.72 Å². The summed E-state index contributed by atoms with van der Waals surface area (Å²) < 4.78 is 26.1. The molecule has 0 aliphatic carbocycles. The number of nitrogens with one attached hydrogen (secondary N) is 2. The highest BCUT2D eigenvalue weighted by atomic mass is 32.2. The molecule has 0 aromatic heterocycles. The van der Waals surface area contributed by atoms with E-state index in [1.165, 1.54) is 6.92 Å². The summed E-state index contributed by atoms with van der Waals surface area (Å²) in [7, 11) is -3.51. The molecule has 2 N–H and O–H groups in total. The molecular weight excluding hydrogens is 300 g/mol. The number of carbonyl (C=O) groups excluding carboxylic acids is 1. The fourth-order valence-corrected chi connectivity index (χ4v) is 2.69. The maximum Gasteiger partial charge on any atom is 0.247 e. The molecule has 5 nitrogen and oxygen atoms in total. The zero-order valence-electron chi connectivity index (χ0n) is 12.2. The van der Waals surface area contributed by atoms with E-state index in [1.807, 2.05) is 12.1 Å². The number of amides is 1. The van der Waals surface area contributed by atoms with Crippen LogP contribution < -0.4 is 10.0 Å². The fourth-order valence-electron chi connectivity index (χ4n) is 1.92. The van der Waals surface area contributed by atoms with Gasteiger partial charge < -0.3 is 5.32 Å². The van der Waals surface area contributed by atoms with Gasteiger partial charge in [0.15, 0.2) is 0 Å². The highest BCUT2D eigenvalue weighted by Crippen LogP contribution is 2.17. The van der Waals surface area contributed by atoms with Crippen LogP contribution in [-0.4, -0.2) is 20.1 Å². The Kier molecular flexibility index (Phi) is 5.30. The van der Waals surface area contributed by atoms with Crippen LogP contribution in [0.5, 0.6) is 0 Å². The van der Waals surface area contributed by atoms with Crippen molar-refractivity contribution >= 4 is 21.6 Å². The van der Waals surface area contributed by atoms with E-state index in [1.54, 1.807) is 48.5 Å². The van der Waals surface area contributed by atoms with E-state index < -0.39 is 22.0 Å². The number of sulfonamides is 1. The molecule has 116 valence electrons. The first kappa shape index (κ1) is 16.2. The van der Waals surface area contributed by atoms with Crippen molar-refractivity contribution in [2.45, 2.75) is 13.0 Å².